The molecule has 42 heavy (non-hydrogen) atoms. The highest BCUT2D eigenvalue weighted by Crippen LogP contribution is 2.25. The van der Waals surface area contributed by atoms with E-state index in [-0.39, 0.29) is 18.2 Å². The molecular formula is C35H35N3O4. The van der Waals surface area contributed by atoms with Crippen molar-refractivity contribution in [1.82, 2.24) is 5.32 Å². The molecule has 0 radical (unpaired) electrons. The van der Waals surface area contributed by atoms with E-state index in [9.17, 15) is 9.59 Å². The molecule has 0 spiro atoms. The van der Waals surface area contributed by atoms with Gasteiger partial charge in [-0.25, -0.2) is 0 Å². The minimum atomic E-state index is -0.735. The monoisotopic (exact) mass is 561 g/mol. The van der Waals surface area contributed by atoms with E-state index in [1.807, 2.05) is 91.9 Å². The molecule has 0 heterocycles. The molecule has 4 rings (SSSR count). The van der Waals surface area contributed by atoms with Crippen LogP contribution in [0.3, 0.4) is 0 Å². The minimum Gasteiger partial charge on any atom is -0.494 e. The van der Waals surface area contributed by atoms with Crippen molar-refractivity contribution in [1.29, 1.82) is 5.41 Å². The zero-order valence-corrected chi connectivity index (χ0v) is 23.7. The second kappa shape index (κ2) is 14.5. The average Bonchev–Trinajstić information content (AvgIpc) is 3.02. The molecule has 7 nitrogen and oxygen atoms in total. The zero-order valence-electron chi connectivity index (χ0n) is 23.7. The van der Waals surface area contributed by atoms with Crippen LogP contribution in [0.5, 0.6) is 5.75 Å². The second-order valence-electron chi connectivity index (χ2n) is 9.76. The zero-order chi connectivity index (χ0) is 29.9. The van der Waals surface area contributed by atoms with Crippen molar-refractivity contribution < 1.29 is 19.1 Å². The molecule has 0 saturated heterocycles. The van der Waals surface area contributed by atoms with Crippen LogP contribution in [0.15, 0.2) is 109 Å². The number of carbonyl (C=O) groups excluding carboxylic acids is 2. The number of benzene rings is 4. The van der Waals surface area contributed by atoms with Gasteiger partial charge in [0.1, 0.15) is 11.6 Å². The van der Waals surface area contributed by atoms with E-state index in [1.54, 1.807) is 30.3 Å². The Labute approximate surface area is 246 Å². The number of rotatable bonds is 12. The van der Waals surface area contributed by atoms with Crippen LogP contribution in [0.25, 0.3) is 17.2 Å². The normalized spacial score (nSPS) is 12.3. The molecule has 0 aliphatic carbocycles. The largest absolute Gasteiger partial charge is 0.494 e. The van der Waals surface area contributed by atoms with Gasteiger partial charge in [0.15, 0.2) is 0 Å². The van der Waals surface area contributed by atoms with Gasteiger partial charge in [-0.3, -0.25) is 15.0 Å². The number of nitrogen functional groups attached to an aromatic ring is 1. The van der Waals surface area contributed by atoms with Crippen molar-refractivity contribution in [3.05, 3.63) is 131 Å². The highest BCUT2D eigenvalue weighted by atomic mass is 16.5. The Morgan fingerprint density at radius 1 is 0.881 bits per heavy atom. The van der Waals surface area contributed by atoms with E-state index < -0.39 is 17.9 Å². The second-order valence-corrected chi connectivity index (χ2v) is 9.76. The fraction of sp³-hybridized carbons (Fsp3) is 0.171. The summed E-state index contributed by atoms with van der Waals surface area (Å²) in [6, 6.07) is 31.2. The number of hydrogen-bond donors (Lipinski definition) is 3. The number of ether oxygens (including phenoxy) is 2. The van der Waals surface area contributed by atoms with Crippen LogP contribution in [-0.2, 0) is 16.0 Å². The lowest BCUT2D eigenvalue weighted by molar-refractivity contribution is -0.145. The Morgan fingerprint density at radius 2 is 1.62 bits per heavy atom. The fourth-order valence-electron chi connectivity index (χ4n) is 4.67. The lowest BCUT2D eigenvalue weighted by atomic mass is 9.90. The van der Waals surface area contributed by atoms with Crippen molar-refractivity contribution in [2.45, 2.75) is 19.4 Å². The van der Waals surface area contributed by atoms with E-state index in [2.05, 4.69) is 5.32 Å². The molecule has 0 aliphatic heterocycles. The molecule has 0 bridgehead atoms. The van der Waals surface area contributed by atoms with Crippen LogP contribution in [0.4, 0.5) is 0 Å². The van der Waals surface area contributed by atoms with Crippen molar-refractivity contribution in [2.24, 2.45) is 11.7 Å². The van der Waals surface area contributed by atoms with Crippen LogP contribution in [0.2, 0.25) is 0 Å². The molecule has 0 aliphatic rings. The Hall–Kier alpha value is -5.17. The van der Waals surface area contributed by atoms with Crippen molar-refractivity contribution in [3.8, 4) is 16.9 Å². The highest BCUT2D eigenvalue weighted by molar-refractivity contribution is 5.96. The van der Waals surface area contributed by atoms with Gasteiger partial charge in [0.2, 0.25) is 0 Å². The van der Waals surface area contributed by atoms with Gasteiger partial charge in [0.25, 0.3) is 5.91 Å². The molecule has 0 fully saturated rings. The number of esters is 1. The summed E-state index contributed by atoms with van der Waals surface area (Å²) >= 11 is 0. The van der Waals surface area contributed by atoms with Crippen molar-refractivity contribution in [3.63, 3.8) is 0 Å². The Balaban J connectivity index is 1.61. The standard InChI is InChI=1S/C35H35N3O4/c1-3-42-30-14-8-12-28(23-30)26-16-18-27(19-17-26)34(39)38-32(20-15-24-9-5-4-6-10-24)31(35(40)41-2)22-25-11-7-13-29(21-25)33(36)37/h4-21,23,31-32H,3,22H2,1-2H3,(H3,36,37)(H,38,39)/b20-15+/t31-,32-/m0/s1. The number of methoxy groups -OCH3 is 1. The van der Waals surface area contributed by atoms with Crippen LogP contribution in [-0.4, -0.2) is 37.5 Å². The van der Waals surface area contributed by atoms with Crippen molar-refractivity contribution in [2.75, 3.05) is 13.7 Å². The summed E-state index contributed by atoms with van der Waals surface area (Å²) in [5, 5.41) is 10.8. The smallest absolute Gasteiger partial charge is 0.311 e. The van der Waals surface area contributed by atoms with E-state index in [4.69, 9.17) is 20.6 Å². The summed E-state index contributed by atoms with van der Waals surface area (Å²) < 4.78 is 10.8. The van der Waals surface area contributed by atoms with Gasteiger partial charge >= 0.3 is 5.97 Å². The summed E-state index contributed by atoms with van der Waals surface area (Å²) in [6.07, 6.45) is 3.96. The summed E-state index contributed by atoms with van der Waals surface area (Å²) in [4.78, 5) is 26.6. The summed E-state index contributed by atoms with van der Waals surface area (Å²) in [5.74, 6) is -0.794. The van der Waals surface area contributed by atoms with Crippen LogP contribution >= 0.6 is 0 Å². The van der Waals surface area contributed by atoms with Gasteiger partial charge in [-0.05, 0) is 65.9 Å². The fourth-order valence-corrected chi connectivity index (χ4v) is 4.67. The van der Waals surface area contributed by atoms with Gasteiger partial charge < -0.3 is 20.5 Å². The van der Waals surface area contributed by atoms with Gasteiger partial charge in [-0.15, -0.1) is 0 Å². The maximum absolute atomic E-state index is 13.5. The third-order valence-corrected chi connectivity index (χ3v) is 6.85. The molecule has 4 aromatic rings. The maximum atomic E-state index is 13.5. The lowest BCUT2D eigenvalue weighted by Crippen LogP contribution is -2.43. The molecule has 0 aromatic heterocycles. The van der Waals surface area contributed by atoms with Crippen LogP contribution in [0, 0.1) is 11.3 Å². The molecule has 2 atom stereocenters. The topological polar surface area (TPSA) is 115 Å². The molecule has 0 saturated carbocycles. The van der Waals surface area contributed by atoms with E-state index in [0.717, 1.165) is 28.0 Å². The van der Waals surface area contributed by atoms with Crippen molar-refractivity contribution >= 4 is 23.8 Å². The first-order valence-corrected chi connectivity index (χ1v) is 13.8. The summed E-state index contributed by atoms with van der Waals surface area (Å²) in [7, 11) is 1.33. The Kier molecular flexibility index (Phi) is 10.3. The quantitative estimate of drug-likeness (QED) is 0.114. The van der Waals surface area contributed by atoms with E-state index in [0.29, 0.717) is 17.7 Å². The van der Waals surface area contributed by atoms with Gasteiger partial charge in [0.05, 0.1) is 25.7 Å². The van der Waals surface area contributed by atoms with Gasteiger partial charge in [-0.2, -0.15) is 0 Å². The molecule has 4 N–H and O–H groups in total. The number of carbonyl (C=O) groups is 2. The number of nitrogens with two attached hydrogens (primary N) is 1. The maximum Gasteiger partial charge on any atom is 0.311 e. The molecule has 214 valence electrons. The first-order chi connectivity index (χ1) is 20.4. The predicted octanol–water partition coefficient (Wildman–Crippen LogP) is 5.88. The number of amidine groups is 1. The SMILES string of the molecule is CCOc1cccc(-c2ccc(C(=O)N[C@@H](/C=C/c3ccccc3)[C@H](Cc3cccc(C(=N)N)c3)C(=O)OC)cc2)c1. The van der Waals surface area contributed by atoms with Gasteiger partial charge in [0, 0.05) is 11.1 Å². The Morgan fingerprint density at radius 3 is 2.31 bits per heavy atom. The summed E-state index contributed by atoms with van der Waals surface area (Å²) in [5.41, 5.74) is 10.4. The molecule has 4 aromatic carbocycles. The van der Waals surface area contributed by atoms with Gasteiger partial charge in [-0.1, -0.05) is 84.9 Å². The number of amides is 1. The lowest BCUT2D eigenvalue weighted by Gasteiger charge is -2.24. The third-order valence-electron chi connectivity index (χ3n) is 6.85. The van der Waals surface area contributed by atoms with Crippen LogP contribution < -0.4 is 15.8 Å². The average molecular weight is 562 g/mol. The first-order valence-electron chi connectivity index (χ1n) is 13.8. The Bertz CT molecular complexity index is 1550. The first kappa shape index (κ1) is 29.8. The number of nitrogens with one attached hydrogen (secondary N) is 2. The van der Waals surface area contributed by atoms with E-state index >= 15 is 0 Å². The molecule has 7 heteroatoms. The highest BCUT2D eigenvalue weighted by Gasteiger charge is 2.30. The molecular weight excluding hydrogens is 526 g/mol. The molecule has 0 unspecified atom stereocenters. The predicted molar refractivity (Wildman–Crippen MR) is 166 cm³/mol. The number of hydrogen-bond acceptors (Lipinski definition) is 5. The molecule has 1 amide bonds. The summed E-state index contributed by atoms with van der Waals surface area (Å²) in [6.45, 7) is 2.52. The van der Waals surface area contributed by atoms with Crippen LogP contribution in [0.1, 0.15) is 34.0 Å². The third kappa shape index (κ3) is 7.95. The van der Waals surface area contributed by atoms with E-state index in [1.165, 1.54) is 7.11 Å². The minimum absolute atomic E-state index is 0.0617.